The van der Waals surface area contributed by atoms with Gasteiger partial charge >= 0.3 is 5.97 Å². The molecule has 0 spiro atoms. The van der Waals surface area contributed by atoms with Crippen LogP contribution in [0.15, 0.2) is 12.1 Å². The van der Waals surface area contributed by atoms with Gasteiger partial charge in [-0.3, -0.25) is 4.79 Å². The molecule has 0 saturated heterocycles. The average Bonchev–Trinajstić information content (AvgIpc) is 2.26. The Morgan fingerprint density at radius 1 is 1.59 bits per heavy atom. The van der Waals surface area contributed by atoms with E-state index in [9.17, 15) is 4.79 Å². The van der Waals surface area contributed by atoms with E-state index in [1.54, 1.807) is 26.0 Å². The molecule has 1 heterocycles. The molecule has 0 radical (unpaired) electrons. The molecule has 0 saturated carbocycles. The van der Waals surface area contributed by atoms with Crippen LogP contribution in [0, 0.1) is 23.7 Å². The molecule has 0 aliphatic heterocycles. The average molecular weight is 233 g/mol. The topological polar surface area (TPSA) is 86.0 Å². The second-order valence-corrected chi connectivity index (χ2v) is 4.50. The molecule has 5 heteroatoms. The number of carboxylic acid groups (broad SMARTS) is 1. The summed E-state index contributed by atoms with van der Waals surface area (Å²) in [5.74, 6) is -0.460. The Kier molecular flexibility index (Phi) is 3.69. The van der Waals surface area contributed by atoms with Crippen molar-refractivity contribution in [2.45, 2.75) is 20.8 Å². The zero-order valence-corrected chi connectivity index (χ0v) is 10.1. The number of nitriles is 1. The van der Waals surface area contributed by atoms with Gasteiger partial charge in [-0.2, -0.15) is 5.26 Å². The highest BCUT2D eigenvalue weighted by atomic mass is 16.4. The van der Waals surface area contributed by atoms with E-state index in [2.05, 4.69) is 10.3 Å². The number of hydrogen-bond acceptors (Lipinski definition) is 4. The van der Waals surface area contributed by atoms with Crippen molar-refractivity contribution in [1.29, 1.82) is 5.26 Å². The van der Waals surface area contributed by atoms with Crippen LogP contribution in [0.1, 0.15) is 25.1 Å². The zero-order valence-electron chi connectivity index (χ0n) is 10.1. The first kappa shape index (κ1) is 13.0. The van der Waals surface area contributed by atoms with Crippen molar-refractivity contribution in [2.24, 2.45) is 5.41 Å². The first-order chi connectivity index (χ1) is 7.86. The van der Waals surface area contributed by atoms with Crippen LogP contribution < -0.4 is 5.32 Å². The number of aryl methyl sites for hydroxylation is 1. The van der Waals surface area contributed by atoms with E-state index in [0.29, 0.717) is 11.4 Å². The van der Waals surface area contributed by atoms with Crippen molar-refractivity contribution in [2.75, 3.05) is 11.9 Å². The lowest BCUT2D eigenvalue weighted by atomic mass is 9.94. The molecule has 0 aliphatic carbocycles. The van der Waals surface area contributed by atoms with E-state index in [1.807, 2.05) is 13.0 Å². The van der Waals surface area contributed by atoms with Crippen LogP contribution in [-0.2, 0) is 4.79 Å². The minimum Gasteiger partial charge on any atom is -0.481 e. The summed E-state index contributed by atoms with van der Waals surface area (Å²) in [7, 11) is 0. The number of aromatic nitrogens is 1. The van der Waals surface area contributed by atoms with E-state index < -0.39 is 11.4 Å². The number of rotatable bonds is 4. The molecule has 0 fully saturated rings. The van der Waals surface area contributed by atoms with Crippen molar-refractivity contribution in [3.8, 4) is 6.07 Å². The minimum atomic E-state index is -0.905. The Morgan fingerprint density at radius 2 is 2.24 bits per heavy atom. The number of carbonyl (C=O) groups is 1. The Labute approximate surface area is 100 Å². The van der Waals surface area contributed by atoms with Crippen molar-refractivity contribution in [1.82, 2.24) is 4.98 Å². The van der Waals surface area contributed by atoms with E-state index in [1.165, 1.54) is 0 Å². The van der Waals surface area contributed by atoms with Gasteiger partial charge in [0.25, 0.3) is 0 Å². The summed E-state index contributed by atoms with van der Waals surface area (Å²) >= 11 is 0. The maximum Gasteiger partial charge on any atom is 0.310 e. The number of aliphatic carboxylic acids is 1. The Bertz CT molecular complexity index is 475. The summed E-state index contributed by atoms with van der Waals surface area (Å²) < 4.78 is 0. The summed E-state index contributed by atoms with van der Waals surface area (Å²) in [5, 5.41) is 20.8. The summed E-state index contributed by atoms with van der Waals surface area (Å²) in [6.07, 6.45) is 0. The first-order valence-electron chi connectivity index (χ1n) is 5.22. The fourth-order valence-corrected chi connectivity index (χ4v) is 1.16. The van der Waals surface area contributed by atoms with Crippen molar-refractivity contribution in [3.63, 3.8) is 0 Å². The zero-order chi connectivity index (χ0) is 13.1. The Hall–Kier alpha value is -2.09. The van der Waals surface area contributed by atoms with E-state index in [4.69, 9.17) is 10.4 Å². The van der Waals surface area contributed by atoms with Crippen LogP contribution >= 0.6 is 0 Å². The molecule has 1 rings (SSSR count). The molecule has 2 N–H and O–H groups in total. The molecule has 1 aromatic rings. The predicted octanol–water partition coefficient (Wildman–Crippen LogP) is 1.78. The molecule has 0 amide bonds. The van der Waals surface area contributed by atoms with Gasteiger partial charge in [0, 0.05) is 12.2 Å². The number of pyridine rings is 1. The molecule has 0 unspecified atom stereocenters. The molecule has 0 atom stereocenters. The summed E-state index contributed by atoms with van der Waals surface area (Å²) in [6, 6.07) is 5.42. The van der Waals surface area contributed by atoms with Gasteiger partial charge in [0.2, 0.25) is 0 Å². The highest BCUT2D eigenvalue weighted by molar-refractivity contribution is 5.74. The second-order valence-electron chi connectivity index (χ2n) is 4.50. The highest BCUT2D eigenvalue weighted by Crippen LogP contribution is 2.18. The van der Waals surface area contributed by atoms with Crippen LogP contribution in [0.3, 0.4) is 0 Å². The van der Waals surface area contributed by atoms with Crippen LogP contribution in [0.5, 0.6) is 0 Å². The van der Waals surface area contributed by atoms with Gasteiger partial charge in [0.1, 0.15) is 11.9 Å². The molecule has 17 heavy (non-hydrogen) atoms. The van der Waals surface area contributed by atoms with Crippen LogP contribution in [0.25, 0.3) is 0 Å². The summed E-state index contributed by atoms with van der Waals surface area (Å²) in [6.45, 7) is 5.26. The van der Waals surface area contributed by atoms with Crippen molar-refractivity contribution < 1.29 is 9.90 Å². The summed E-state index contributed by atoms with van der Waals surface area (Å²) in [5.41, 5.74) is 0.287. The lowest BCUT2D eigenvalue weighted by Crippen LogP contribution is -2.32. The van der Waals surface area contributed by atoms with Gasteiger partial charge in [-0.25, -0.2) is 4.98 Å². The largest absolute Gasteiger partial charge is 0.481 e. The molecular weight excluding hydrogens is 218 g/mol. The predicted molar refractivity (Wildman–Crippen MR) is 63.6 cm³/mol. The summed E-state index contributed by atoms with van der Waals surface area (Å²) in [4.78, 5) is 15.1. The smallest absolute Gasteiger partial charge is 0.310 e. The monoisotopic (exact) mass is 233 g/mol. The van der Waals surface area contributed by atoms with Gasteiger partial charge in [-0.1, -0.05) is 0 Å². The molecule has 0 aromatic carbocycles. The third-order valence-electron chi connectivity index (χ3n) is 2.43. The van der Waals surface area contributed by atoms with Crippen LogP contribution in [-0.4, -0.2) is 22.6 Å². The second kappa shape index (κ2) is 4.83. The maximum absolute atomic E-state index is 10.9. The number of nitrogens with zero attached hydrogens (tertiary/aromatic N) is 2. The lowest BCUT2D eigenvalue weighted by Gasteiger charge is -2.20. The Balaban J connectivity index is 2.86. The van der Waals surface area contributed by atoms with Gasteiger partial charge < -0.3 is 10.4 Å². The van der Waals surface area contributed by atoms with Crippen LogP contribution in [0.4, 0.5) is 5.82 Å². The molecule has 90 valence electrons. The molecule has 0 aliphatic rings. The quantitative estimate of drug-likeness (QED) is 0.827. The third kappa shape index (κ3) is 3.18. The highest BCUT2D eigenvalue weighted by Gasteiger charge is 2.27. The van der Waals surface area contributed by atoms with Crippen molar-refractivity contribution >= 4 is 11.8 Å². The number of hydrogen-bond donors (Lipinski definition) is 2. The van der Waals surface area contributed by atoms with E-state index in [-0.39, 0.29) is 6.54 Å². The van der Waals surface area contributed by atoms with Gasteiger partial charge in [-0.05, 0) is 32.9 Å². The van der Waals surface area contributed by atoms with Gasteiger partial charge in [0.15, 0.2) is 0 Å². The Morgan fingerprint density at radius 3 is 2.76 bits per heavy atom. The van der Waals surface area contributed by atoms with Crippen LogP contribution in [0.2, 0.25) is 0 Å². The lowest BCUT2D eigenvalue weighted by molar-refractivity contribution is -0.146. The molecular formula is C12H15N3O2. The SMILES string of the molecule is Cc1ccc(C#N)c(NCC(C)(C)C(=O)O)n1. The standard InChI is InChI=1S/C12H15N3O2/c1-8-4-5-9(6-13)10(15-8)14-7-12(2,3)11(16)17/h4-5H,7H2,1-3H3,(H,14,15)(H,16,17). The number of anilines is 1. The van der Waals surface area contributed by atoms with Gasteiger partial charge in [-0.15, -0.1) is 0 Å². The fraction of sp³-hybridized carbons (Fsp3) is 0.417. The fourth-order valence-electron chi connectivity index (χ4n) is 1.16. The normalized spacial score (nSPS) is 10.7. The molecule has 5 nitrogen and oxygen atoms in total. The van der Waals surface area contributed by atoms with E-state index in [0.717, 1.165) is 5.69 Å². The van der Waals surface area contributed by atoms with E-state index >= 15 is 0 Å². The molecule has 1 aromatic heterocycles. The third-order valence-corrected chi connectivity index (χ3v) is 2.43. The maximum atomic E-state index is 10.9. The van der Waals surface area contributed by atoms with Crippen molar-refractivity contribution in [3.05, 3.63) is 23.4 Å². The van der Waals surface area contributed by atoms with Gasteiger partial charge in [0.05, 0.1) is 11.0 Å². The first-order valence-corrected chi connectivity index (χ1v) is 5.22. The molecule has 0 bridgehead atoms. The number of carboxylic acids is 1. The minimum absolute atomic E-state index is 0.216. The number of nitrogens with one attached hydrogen (secondary N) is 1.